The molecule has 2 aromatic rings. The number of ether oxygens (including phenoxy) is 2. The van der Waals surface area contributed by atoms with E-state index in [9.17, 15) is 4.79 Å². The summed E-state index contributed by atoms with van der Waals surface area (Å²) in [5.74, 6) is 0.555. The van der Waals surface area contributed by atoms with Gasteiger partial charge in [0.15, 0.2) is 0 Å². The molecule has 0 saturated carbocycles. The summed E-state index contributed by atoms with van der Waals surface area (Å²) in [7, 11) is 1.62. The van der Waals surface area contributed by atoms with Crippen LogP contribution < -0.4 is 15.8 Å². The van der Waals surface area contributed by atoms with Gasteiger partial charge in [0, 0.05) is 25.3 Å². The van der Waals surface area contributed by atoms with E-state index in [0.29, 0.717) is 31.1 Å². The first-order chi connectivity index (χ1) is 11.2. The van der Waals surface area contributed by atoms with E-state index in [-0.39, 0.29) is 11.9 Å². The molecule has 0 aromatic heterocycles. The highest BCUT2D eigenvalue weighted by Crippen LogP contribution is 2.13. The lowest BCUT2D eigenvalue weighted by Crippen LogP contribution is -2.31. The van der Waals surface area contributed by atoms with E-state index in [4.69, 9.17) is 15.2 Å². The van der Waals surface area contributed by atoms with E-state index >= 15 is 0 Å². The van der Waals surface area contributed by atoms with E-state index in [0.717, 1.165) is 5.56 Å². The maximum atomic E-state index is 12.1. The Morgan fingerprint density at radius 1 is 1.09 bits per heavy atom. The standard InChI is InChI=1S/C18H22N2O3/c1-22-11-12-23-16-9-7-15(8-10-16)18(21)20-13-17(19)14-5-3-2-4-6-14/h2-10,17H,11-13,19H2,1H3,(H,20,21). The number of benzene rings is 2. The molecule has 0 heterocycles. The van der Waals surface area contributed by atoms with Gasteiger partial charge in [-0.2, -0.15) is 0 Å². The van der Waals surface area contributed by atoms with Gasteiger partial charge < -0.3 is 20.5 Å². The summed E-state index contributed by atoms with van der Waals surface area (Å²) in [5.41, 5.74) is 7.64. The second kappa shape index (κ2) is 8.92. The third-order valence-corrected chi connectivity index (χ3v) is 3.38. The fourth-order valence-corrected chi connectivity index (χ4v) is 2.07. The maximum Gasteiger partial charge on any atom is 0.251 e. The van der Waals surface area contributed by atoms with Crippen LogP contribution in [-0.2, 0) is 4.74 Å². The molecule has 1 atom stereocenters. The van der Waals surface area contributed by atoms with Crippen molar-refractivity contribution in [1.29, 1.82) is 0 Å². The number of rotatable bonds is 8. The Hall–Kier alpha value is -2.37. The van der Waals surface area contributed by atoms with E-state index in [1.807, 2.05) is 30.3 Å². The van der Waals surface area contributed by atoms with E-state index in [1.54, 1.807) is 31.4 Å². The van der Waals surface area contributed by atoms with Crippen molar-refractivity contribution in [2.24, 2.45) is 5.73 Å². The molecule has 0 saturated heterocycles. The van der Waals surface area contributed by atoms with Crippen LogP contribution in [-0.4, -0.2) is 32.8 Å². The normalized spacial score (nSPS) is 11.7. The minimum Gasteiger partial charge on any atom is -0.491 e. The fraction of sp³-hybridized carbons (Fsp3) is 0.278. The van der Waals surface area contributed by atoms with Gasteiger partial charge in [0.2, 0.25) is 0 Å². The fourth-order valence-electron chi connectivity index (χ4n) is 2.07. The van der Waals surface area contributed by atoms with E-state index in [2.05, 4.69) is 5.32 Å². The summed E-state index contributed by atoms with van der Waals surface area (Å²) in [4.78, 5) is 12.1. The van der Waals surface area contributed by atoms with Gasteiger partial charge in [0.1, 0.15) is 12.4 Å². The molecule has 122 valence electrons. The molecule has 0 aliphatic rings. The second-order valence-electron chi connectivity index (χ2n) is 5.09. The number of nitrogens with two attached hydrogens (primary N) is 1. The summed E-state index contributed by atoms with van der Waals surface area (Å²) in [6.07, 6.45) is 0. The van der Waals surface area contributed by atoms with Crippen LogP contribution in [0.5, 0.6) is 5.75 Å². The van der Waals surface area contributed by atoms with Crippen LogP contribution in [0.15, 0.2) is 54.6 Å². The zero-order valence-corrected chi connectivity index (χ0v) is 13.2. The lowest BCUT2D eigenvalue weighted by Gasteiger charge is -2.13. The largest absolute Gasteiger partial charge is 0.491 e. The monoisotopic (exact) mass is 314 g/mol. The predicted octanol–water partition coefficient (Wildman–Crippen LogP) is 2.14. The van der Waals surface area contributed by atoms with Crippen LogP contribution in [0.25, 0.3) is 0 Å². The third kappa shape index (κ3) is 5.39. The molecule has 0 radical (unpaired) electrons. The van der Waals surface area contributed by atoms with Crippen LogP contribution in [0.1, 0.15) is 22.0 Å². The molecule has 0 bridgehead atoms. The molecule has 23 heavy (non-hydrogen) atoms. The van der Waals surface area contributed by atoms with Gasteiger partial charge >= 0.3 is 0 Å². The van der Waals surface area contributed by atoms with Crippen LogP contribution in [0, 0.1) is 0 Å². The second-order valence-corrected chi connectivity index (χ2v) is 5.09. The summed E-state index contributed by atoms with van der Waals surface area (Å²) in [5, 5.41) is 2.84. The minimum atomic E-state index is -0.225. The Morgan fingerprint density at radius 3 is 2.43 bits per heavy atom. The van der Waals surface area contributed by atoms with Crippen molar-refractivity contribution in [3.63, 3.8) is 0 Å². The van der Waals surface area contributed by atoms with E-state index < -0.39 is 0 Å². The number of amides is 1. The molecule has 0 aliphatic carbocycles. The highest BCUT2D eigenvalue weighted by molar-refractivity contribution is 5.94. The predicted molar refractivity (Wildman–Crippen MR) is 89.5 cm³/mol. The minimum absolute atomic E-state index is 0.153. The smallest absolute Gasteiger partial charge is 0.251 e. The van der Waals surface area contributed by atoms with Crippen molar-refractivity contribution in [1.82, 2.24) is 5.32 Å². The van der Waals surface area contributed by atoms with Gasteiger partial charge in [-0.1, -0.05) is 30.3 Å². The third-order valence-electron chi connectivity index (χ3n) is 3.38. The van der Waals surface area contributed by atoms with Crippen molar-refractivity contribution in [2.45, 2.75) is 6.04 Å². The van der Waals surface area contributed by atoms with Gasteiger partial charge in [0.25, 0.3) is 5.91 Å². The van der Waals surface area contributed by atoms with Crippen molar-refractivity contribution in [2.75, 3.05) is 26.9 Å². The lowest BCUT2D eigenvalue weighted by atomic mass is 10.1. The number of hydrogen-bond acceptors (Lipinski definition) is 4. The van der Waals surface area contributed by atoms with Crippen LogP contribution in [0.3, 0.4) is 0 Å². The van der Waals surface area contributed by atoms with Gasteiger partial charge in [0.05, 0.1) is 6.61 Å². The summed E-state index contributed by atoms with van der Waals surface area (Å²) < 4.78 is 10.4. The average molecular weight is 314 g/mol. The summed E-state index contributed by atoms with van der Waals surface area (Å²) in [6.45, 7) is 1.39. The first-order valence-electron chi connectivity index (χ1n) is 7.51. The lowest BCUT2D eigenvalue weighted by molar-refractivity contribution is 0.0951. The first kappa shape index (κ1) is 17.0. The van der Waals surface area contributed by atoms with Gasteiger partial charge in [-0.05, 0) is 29.8 Å². The van der Waals surface area contributed by atoms with Crippen molar-refractivity contribution < 1.29 is 14.3 Å². The molecule has 3 N–H and O–H groups in total. The first-order valence-corrected chi connectivity index (χ1v) is 7.51. The van der Waals surface area contributed by atoms with Gasteiger partial charge in [-0.15, -0.1) is 0 Å². The topological polar surface area (TPSA) is 73.6 Å². The number of hydrogen-bond donors (Lipinski definition) is 2. The molecular weight excluding hydrogens is 292 g/mol. The Bertz CT molecular complexity index is 599. The molecule has 0 spiro atoms. The van der Waals surface area contributed by atoms with Gasteiger partial charge in [-0.25, -0.2) is 0 Å². The zero-order valence-electron chi connectivity index (χ0n) is 13.2. The molecule has 1 amide bonds. The van der Waals surface area contributed by atoms with E-state index in [1.165, 1.54) is 0 Å². The Morgan fingerprint density at radius 2 is 1.78 bits per heavy atom. The Balaban J connectivity index is 1.83. The van der Waals surface area contributed by atoms with Gasteiger partial charge in [-0.3, -0.25) is 4.79 Å². The molecule has 2 aromatic carbocycles. The SMILES string of the molecule is COCCOc1ccc(C(=O)NCC(N)c2ccccc2)cc1. The molecule has 0 aliphatic heterocycles. The molecule has 5 heteroatoms. The highest BCUT2D eigenvalue weighted by atomic mass is 16.5. The summed E-state index contributed by atoms with van der Waals surface area (Å²) >= 11 is 0. The number of carbonyl (C=O) groups is 1. The van der Waals surface area contributed by atoms with Crippen LogP contribution in [0.2, 0.25) is 0 Å². The number of nitrogens with one attached hydrogen (secondary N) is 1. The quantitative estimate of drug-likeness (QED) is 0.732. The van der Waals surface area contributed by atoms with Crippen molar-refractivity contribution in [3.8, 4) is 5.75 Å². The van der Waals surface area contributed by atoms with Crippen molar-refractivity contribution >= 4 is 5.91 Å². The molecule has 2 rings (SSSR count). The summed E-state index contributed by atoms with van der Waals surface area (Å²) in [6, 6.07) is 16.5. The Kier molecular flexibility index (Phi) is 6.59. The maximum absolute atomic E-state index is 12.1. The van der Waals surface area contributed by atoms with Crippen LogP contribution in [0.4, 0.5) is 0 Å². The Labute approximate surface area is 136 Å². The zero-order chi connectivity index (χ0) is 16.5. The molecule has 1 unspecified atom stereocenters. The highest BCUT2D eigenvalue weighted by Gasteiger charge is 2.09. The molecular formula is C18H22N2O3. The molecule has 0 fully saturated rings. The van der Waals surface area contributed by atoms with Crippen molar-refractivity contribution in [3.05, 3.63) is 65.7 Å². The molecule has 5 nitrogen and oxygen atoms in total. The average Bonchev–Trinajstić information content (AvgIpc) is 2.61. The van der Waals surface area contributed by atoms with Crippen LogP contribution >= 0.6 is 0 Å². The number of methoxy groups -OCH3 is 1. The number of carbonyl (C=O) groups excluding carboxylic acids is 1.